The Morgan fingerprint density at radius 3 is 2.46 bits per heavy atom. The average molecular weight is 180 g/mol. The minimum atomic E-state index is 0.0560. The second kappa shape index (κ2) is 6.49. The Labute approximate surface area is 80.4 Å². The second-order valence-electron chi connectivity index (χ2n) is 2.33. The minimum Gasteiger partial charge on any atom is -0.491 e. The third kappa shape index (κ3) is 3.46. The molecule has 1 heterocycles. The van der Waals surface area contributed by atoms with Crippen LogP contribution in [0.3, 0.4) is 0 Å². The number of hydrogen-bond acceptors (Lipinski definition) is 2. The number of aliphatic hydroxyl groups excluding tert-OH is 1. The van der Waals surface area contributed by atoms with Crippen LogP contribution in [0.1, 0.15) is 5.69 Å². The van der Waals surface area contributed by atoms with Gasteiger partial charge in [0.1, 0.15) is 13.7 Å². The van der Waals surface area contributed by atoms with Crippen molar-refractivity contribution in [1.82, 2.24) is 0 Å². The molecule has 0 amide bonds. The van der Waals surface area contributed by atoms with Crippen molar-refractivity contribution in [3.63, 3.8) is 0 Å². The summed E-state index contributed by atoms with van der Waals surface area (Å²) in [7, 11) is 7.99. The van der Waals surface area contributed by atoms with Gasteiger partial charge in [0.25, 0.3) is 0 Å². The molecule has 0 bridgehead atoms. The first kappa shape index (κ1) is 12.0. The third-order valence-corrected chi connectivity index (χ3v) is 1.61. The van der Waals surface area contributed by atoms with Gasteiger partial charge in [0.2, 0.25) is 11.9 Å². The maximum absolute atomic E-state index is 8.82. The fourth-order valence-electron chi connectivity index (χ4n) is 0.898. The lowest BCUT2D eigenvalue weighted by molar-refractivity contribution is -0.681. The van der Waals surface area contributed by atoms with Gasteiger partial charge >= 0.3 is 0 Å². The predicted octanol–water partition coefficient (Wildman–Crippen LogP) is 0.215. The number of ether oxygens (including phenoxy) is 1. The molecule has 2 radical (unpaired) electrons. The quantitative estimate of drug-likeness (QED) is 0.521. The second-order valence-corrected chi connectivity index (χ2v) is 2.33. The Kier molecular flexibility index (Phi) is 5.98. The molecule has 3 nitrogen and oxygen atoms in total. The molecule has 1 aromatic rings. The van der Waals surface area contributed by atoms with E-state index in [1.54, 1.807) is 7.11 Å². The van der Waals surface area contributed by atoms with Crippen LogP contribution in [0.25, 0.3) is 0 Å². The number of nitrogens with zero attached hydrogens (tertiary/aromatic N) is 1. The van der Waals surface area contributed by atoms with E-state index in [-0.39, 0.29) is 6.61 Å². The highest BCUT2D eigenvalue weighted by Gasteiger charge is 2.05. The summed E-state index contributed by atoms with van der Waals surface area (Å²) in [6.07, 6.45) is 1.82. The maximum Gasteiger partial charge on any atom is 0.211 e. The van der Waals surface area contributed by atoms with Crippen molar-refractivity contribution < 1.29 is 14.4 Å². The highest BCUT2D eigenvalue weighted by atomic mass is 16.5. The summed E-state index contributed by atoms with van der Waals surface area (Å²) >= 11 is 0. The van der Waals surface area contributed by atoms with E-state index in [9.17, 15) is 0 Å². The molecule has 4 heteroatoms. The van der Waals surface area contributed by atoms with Crippen molar-refractivity contribution in [2.75, 3.05) is 7.11 Å². The molecule has 1 N–H and O–H groups in total. The normalized spacial score (nSPS) is 8.62. The number of rotatable bonds is 2. The zero-order valence-electron chi connectivity index (χ0n) is 8.32. The van der Waals surface area contributed by atoms with E-state index >= 15 is 0 Å². The van der Waals surface area contributed by atoms with E-state index < -0.39 is 0 Å². The molecule has 0 atom stereocenters. The topological polar surface area (TPSA) is 33.3 Å². The van der Waals surface area contributed by atoms with Crippen molar-refractivity contribution in [3.8, 4) is 5.75 Å². The Hall–Kier alpha value is -1.03. The lowest BCUT2D eigenvalue weighted by Crippen LogP contribution is -2.32. The van der Waals surface area contributed by atoms with Crippen molar-refractivity contribution in [3.05, 3.63) is 24.0 Å². The minimum absolute atomic E-state index is 0.0560. The van der Waals surface area contributed by atoms with E-state index in [1.807, 2.05) is 29.9 Å². The summed E-state index contributed by atoms with van der Waals surface area (Å²) in [6, 6.07) is 3.66. The van der Waals surface area contributed by atoms with Crippen LogP contribution in [-0.2, 0) is 13.7 Å². The lowest BCUT2D eigenvalue weighted by atomic mass is 10.2. The van der Waals surface area contributed by atoms with Gasteiger partial charge in [-0.2, -0.15) is 4.57 Å². The third-order valence-electron chi connectivity index (χ3n) is 1.61. The van der Waals surface area contributed by atoms with Gasteiger partial charge in [-0.15, -0.1) is 0 Å². The molecule has 0 aliphatic heterocycles. The molecule has 0 unspecified atom stereocenters. The van der Waals surface area contributed by atoms with Crippen molar-refractivity contribution in [2.45, 2.75) is 13.4 Å². The smallest absolute Gasteiger partial charge is 0.211 e. The largest absolute Gasteiger partial charge is 0.491 e. The van der Waals surface area contributed by atoms with Crippen LogP contribution < -0.4 is 9.30 Å². The number of aromatic nitrogens is 1. The molecule has 0 saturated heterocycles. The van der Waals surface area contributed by atoms with E-state index in [0.29, 0.717) is 0 Å². The molecule has 0 fully saturated rings. The van der Waals surface area contributed by atoms with Gasteiger partial charge in [-0.05, 0) is 6.07 Å². The molecule has 13 heavy (non-hydrogen) atoms. The fourth-order valence-corrected chi connectivity index (χ4v) is 0.898. The zero-order valence-corrected chi connectivity index (χ0v) is 8.32. The van der Waals surface area contributed by atoms with Crippen LogP contribution >= 0.6 is 0 Å². The highest BCUT2D eigenvalue weighted by molar-refractivity contribution is 6.05. The zero-order chi connectivity index (χ0) is 10.3. The number of hydrogen-bond donors (Lipinski definition) is 1. The average Bonchev–Trinajstić information content (AvgIpc) is 2.20. The number of methoxy groups -OCH3 is 1. The summed E-state index contributed by atoms with van der Waals surface area (Å²) in [5.41, 5.74) is 0.866. The van der Waals surface area contributed by atoms with Crippen LogP contribution in [0.4, 0.5) is 0 Å². The SMILES string of the molecule is COc1ccc(CO)[n+](C)c1.[B]C. The first-order chi connectivity index (χ1) is 6.27. The van der Waals surface area contributed by atoms with Gasteiger partial charge in [-0.1, -0.05) is 6.82 Å². The molecule has 0 aromatic carbocycles. The first-order valence-corrected chi connectivity index (χ1v) is 3.99. The molecule has 1 aromatic heterocycles. The van der Waals surface area contributed by atoms with Crippen molar-refractivity contribution in [1.29, 1.82) is 0 Å². The number of pyridine rings is 1. The monoisotopic (exact) mass is 180 g/mol. The van der Waals surface area contributed by atoms with Crippen molar-refractivity contribution in [2.24, 2.45) is 7.05 Å². The summed E-state index contributed by atoms with van der Waals surface area (Å²) in [5.74, 6) is 0.796. The van der Waals surface area contributed by atoms with E-state index in [1.165, 1.54) is 6.82 Å². The van der Waals surface area contributed by atoms with Crippen LogP contribution in [0.2, 0.25) is 6.82 Å². The Morgan fingerprint density at radius 1 is 1.46 bits per heavy atom. The predicted molar refractivity (Wildman–Crippen MR) is 51.7 cm³/mol. The van der Waals surface area contributed by atoms with E-state index in [2.05, 4.69) is 7.85 Å². The Bertz CT molecular complexity index is 253. The highest BCUT2D eigenvalue weighted by Crippen LogP contribution is 2.05. The Balaban J connectivity index is 0.000000671. The van der Waals surface area contributed by atoms with E-state index in [0.717, 1.165) is 11.4 Å². The molecule has 1 rings (SSSR count). The van der Waals surface area contributed by atoms with Gasteiger partial charge < -0.3 is 9.84 Å². The number of aryl methyl sites for hydroxylation is 1. The van der Waals surface area contributed by atoms with Gasteiger partial charge in [0, 0.05) is 6.07 Å². The lowest BCUT2D eigenvalue weighted by Gasteiger charge is -1.98. The summed E-state index contributed by atoms with van der Waals surface area (Å²) in [4.78, 5) is 0. The van der Waals surface area contributed by atoms with Crippen LogP contribution in [0, 0.1) is 0 Å². The molecule has 70 valence electrons. The van der Waals surface area contributed by atoms with Gasteiger partial charge in [-0.3, -0.25) is 0 Å². The van der Waals surface area contributed by atoms with Crippen LogP contribution in [-0.4, -0.2) is 20.1 Å². The molecule has 0 aliphatic rings. The Morgan fingerprint density at radius 2 is 2.08 bits per heavy atom. The maximum atomic E-state index is 8.82. The van der Waals surface area contributed by atoms with Crippen LogP contribution in [0.15, 0.2) is 18.3 Å². The fraction of sp³-hybridized carbons (Fsp3) is 0.444. The van der Waals surface area contributed by atoms with Gasteiger partial charge in [0.15, 0.2) is 5.75 Å². The molecular weight excluding hydrogens is 165 g/mol. The van der Waals surface area contributed by atoms with Crippen molar-refractivity contribution >= 4 is 7.85 Å². The molecule has 0 saturated carbocycles. The molecule has 0 aliphatic carbocycles. The van der Waals surface area contributed by atoms with Crippen LogP contribution in [0.5, 0.6) is 5.75 Å². The van der Waals surface area contributed by atoms with Gasteiger partial charge in [0.05, 0.1) is 15.0 Å². The molecular formula is C9H15BNO2+. The standard InChI is InChI=1S/C8H12NO2.CH3B/c1-9-5-8(11-2)4-3-7(9)6-10;1-2/h3-5,10H,6H2,1-2H3;1H3/q+1;. The summed E-state index contributed by atoms with van der Waals surface area (Å²) in [6.45, 7) is 1.56. The summed E-state index contributed by atoms with van der Waals surface area (Å²) in [5, 5.41) is 8.82. The number of aliphatic hydroxyl groups is 1. The van der Waals surface area contributed by atoms with E-state index in [4.69, 9.17) is 9.84 Å². The van der Waals surface area contributed by atoms with Gasteiger partial charge in [-0.25, -0.2) is 0 Å². The molecule has 0 spiro atoms. The summed E-state index contributed by atoms with van der Waals surface area (Å²) < 4.78 is 6.82. The first-order valence-electron chi connectivity index (χ1n) is 3.99.